The average Bonchev–Trinajstić information content (AvgIpc) is 2.91. The molecule has 106 valence electrons. The van der Waals surface area contributed by atoms with E-state index in [0.717, 1.165) is 12.1 Å². The standard InChI is InChI=1S/C13H15N3O3S/c1-20(18,19)11-4-2-3-10(9-11)13(17)16-6-5-12-14-7-8-15-12/h2-4,7-9H,5-6H2,1H3,(H,14,15)(H,16,17). The number of nitrogens with one attached hydrogen (secondary N) is 2. The van der Waals surface area contributed by atoms with Gasteiger partial charge in [-0.05, 0) is 18.2 Å². The lowest BCUT2D eigenvalue weighted by atomic mass is 10.2. The molecule has 2 aromatic rings. The molecule has 2 rings (SSSR count). The third-order valence-corrected chi connectivity index (χ3v) is 3.84. The maximum absolute atomic E-state index is 11.9. The minimum Gasteiger partial charge on any atom is -0.352 e. The second kappa shape index (κ2) is 5.87. The number of sulfone groups is 1. The molecule has 1 heterocycles. The van der Waals surface area contributed by atoms with Gasteiger partial charge >= 0.3 is 0 Å². The van der Waals surface area contributed by atoms with Crippen molar-refractivity contribution in [2.75, 3.05) is 12.8 Å². The first-order chi connectivity index (χ1) is 9.47. The minimum atomic E-state index is -3.31. The van der Waals surface area contributed by atoms with Gasteiger partial charge in [-0.15, -0.1) is 0 Å². The summed E-state index contributed by atoms with van der Waals surface area (Å²) in [6.45, 7) is 0.426. The summed E-state index contributed by atoms with van der Waals surface area (Å²) < 4.78 is 22.9. The van der Waals surface area contributed by atoms with E-state index >= 15 is 0 Å². The molecule has 0 saturated carbocycles. The van der Waals surface area contributed by atoms with E-state index in [-0.39, 0.29) is 10.8 Å². The topological polar surface area (TPSA) is 91.9 Å². The Kier molecular flexibility index (Phi) is 4.19. The van der Waals surface area contributed by atoms with Crippen molar-refractivity contribution in [3.8, 4) is 0 Å². The molecule has 2 N–H and O–H groups in total. The van der Waals surface area contributed by atoms with E-state index in [9.17, 15) is 13.2 Å². The van der Waals surface area contributed by atoms with Gasteiger partial charge < -0.3 is 10.3 Å². The minimum absolute atomic E-state index is 0.135. The molecule has 0 atom stereocenters. The molecule has 0 radical (unpaired) electrons. The zero-order valence-corrected chi connectivity index (χ0v) is 11.8. The van der Waals surface area contributed by atoms with Crippen LogP contribution in [0.15, 0.2) is 41.6 Å². The van der Waals surface area contributed by atoms with Crippen molar-refractivity contribution in [1.29, 1.82) is 0 Å². The lowest BCUT2D eigenvalue weighted by molar-refractivity contribution is 0.0954. The number of rotatable bonds is 5. The molecule has 1 aromatic heterocycles. The van der Waals surface area contributed by atoms with Gasteiger partial charge in [-0.25, -0.2) is 13.4 Å². The van der Waals surface area contributed by atoms with E-state index in [2.05, 4.69) is 15.3 Å². The first-order valence-electron chi connectivity index (χ1n) is 6.03. The summed E-state index contributed by atoms with van der Waals surface area (Å²) in [5, 5.41) is 2.72. The average molecular weight is 293 g/mol. The summed E-state index contributed by atoms with van der Waals surface area (Å²) in [4.78, 5) is 19.0. The molecule has 0 aliphatic rings. The largest absolute Gasteiger partial charge is 0.352 e. The number of imidazole rings is 1. The SMILES string of the molecule is CS(=O)(=O)c1cccc(C(=O)NCCc2ncc[nH]2)c1. The third kappa shape index (κ3) is 3.67. The van der Waals surface area contributed by atoms with Crippen LogP contribution in [0.1, 0.15) is 16.2 Å². The first kappa shape index (κ1) is 14.3. The number of carbonyl (C=O) groups is 1. The summed E-state index contributed by atoms with van der Waals surface area (Å²) >= 11 is 0. The fourth-order valence-electron chi connectivity index (χ4n) is 1.70. The number of benzene rings is 1. The number of nitrogens with zero attached hydrogens (tertiary/aromatic N) is 1. The highest BCUT2D eigenvalue weighted by molar-refractivity contribution is 7.90. The highest BCUT2D eigenvalue weighted by atomic mass is 32.2. The number of hydrogen-bond donors (Lipinski definition) is 2. The lowest BCUT2D eigenvalue weighted by Crippen LogP contribution is -2.26. The fraction of sp³-hybridized carbons (Fsp3) is 0.231. The third-order valence-electron chi connectivity index (χ3n) is 2.73. The lowest BCUT2D eigenvalue weighted by Gasteiger charge is -2.05. The molecule has 0 aliphatic heterocycles. The summed E-state index contributed by atoms with van der Waals surface area (Å²) in [7, 11) is -3.31. The number of aromatic nitrogens is 2. The van der Waals surface area contributed by atoms with Crippen molar-refractivity contribution < 1.29 is 13.2 Å². The van der Waals surface area contributed by atoms with Gasteiger partial charge in [0.05, 0.1) is 4.90 Å². The monoisotopic (exact) mass is 293 g/mol. The van der Waals surface area contributed by atoms with Crippen molar-refractivity contribution in [2.24, 2.45) is 0 Å². The number of aromatic amines is 1. The second-order valence-corrected chi connectivity index (χ2v) is 6.36. The Balaban J connectivity index is 1.99. The number of carbonyl (C=O) groups excluding carboxylic acids is 1. The maximum atomic E-state index is 11.9. The predicted octanol–water partition coefficient (Wildman–Crippen LogP) is 0.786. The molecule has 1 amide bonds. The van der Waals surface area contributed by atoms with Crippen molar-refractivity contribution >= 4 is 15.7 Å². The Morgan fingerprint density at radius 3 is 2.85 bits per heavy atom. The number of H-pyrrole nitrogens is 1. The number of hydrogen-bond acceptors (Lipinski definition) is 4. The van der Waals surface area contributed by atoms with Gasteiger partial charge in [-0.3, -0.25) is 4.79 Å². The van der Waals surface area contributed by atoms with Crippen LogP contribution in [0.5, 0.6) is 0 Å². The van der Waals surface area contributed by atoms with Crippen LogP contribution in [-0.2, 0) is 16.3 Å². The van der Waals surface area contributed by atoms with Gasteiger partial charge in [0.2, 0.25) is 0 Å². The summed E-state index contributed by atoms with van der Waals surface area (Å²) in [5.41, 5.74) is 0.326. The smallest absolute Gasteiger partial charge is 0.251 e. The highest BCUT2D eigenvalue weighted by Crippen LogP contribution is 2.11. The molecule has 6 nitrogen and oxygen atoms in total. The predicted molar refractivity (Wildman–Crippen MR) is 74.2 cm³/mol. The highest BCUT2D eigenvalue weighted by Gasteiger charge is 2.11. The van der Waals surface area contributed by atoms with E-state index in [1.54, 1.807) is 24.5 Å². The van der Waals surface area contributed by atoms with E-state index in [0.29, 0.717) is 18.5 Å². The molecule has 0 unspecified atom stereocenters. The summed E-state index contributed by atoms with van der Waals surface area (Å²) in [6.07, 6.45) is 5.06. The van der Waals surface area contributed by atoms with E-state index in [1.807, 2.05) is 0 Å². The Labute approximate surface area is 117 Å². The van der Waals surface area contributed by atoms with Crippen molar-refractivity contribution in [3.63, 3.8) is 0 Å². The Morgan fingerprint density at radius 1 is 1.40 bits per heavy atom. The number of amides is 1. The van der Waals surface area contributed by atoms with Gasteiger partial charge in [0.25, 0.3) is 5.91 Å². The molecule has 0 spiro atoms. The molecule has 7 heteroatoms. The fourth-order valence-corrected chi connectivity index (χ4v) is 2.37. The van der Waals surface area contributed by atoms with Crippen molar-refractivity contribution in [2.45, 2.75) is 11.3 Å². The molecule has 20 heavy (non-hydrogen) atoms. The van der Waals surface area contributed by atoms with E-state index in [4.69, 9.17) is 0 Å². The first-order valence-corrected chi connectivity index (χ1v) is 7.92. The van der Waals surface area contributed by atoms with Crippen LogP contribution in [0.2, 0.25) is 0 Å². The van der Waals surface area contributed by atoms with Crippen LogP contribution in [0.25, 0.3) is 0 Å². The summed E-state index contributed by atoms with van der Waals surface area (Å²) in [6, 6.07) is 5.97. The zero-order valence-electron chi connectivity index (χ0n) is 11.0. The van der Waals surface area contributed by atoms with E-state index in [1.165, 1.54) is 12.1 Å². The van der Waals surface area contributed by atoms with Crippen LogP contribution in [-0.4, -0.2) is 37.1 Å². The Morgan fingerprint density at radius 2 is 2.20 bits per heavy atom. The van der Waals surface area contributed by atoms with Crippen molar-refractivity contribution in [3.05, 3.63) is 48.0 Å². The molecule has 0 fully saturated rings. The normalized spacial score (nSPS) is 11.2. The molecular weight excluding hydrogens is 278 g/mol. The molecule has 0 bridgehead atoms. The molecular formula is C13H15N3O3S. The van der Waals surface area contributed by atoms with Gasteiger partial charge in [-0.1, -0.05) is 6.07 Å². The van der Waals surface area contributed by atoms with Gasteiger partial charge in [0.1, 0.15) is 5.82 Å². The van der Waals surface area contributed by atoms with Crippen LogP contribution >= 0.6 is 0 Å². The van der Waals surface area contributed by atoms with Crippen molar-refractivity contribution in [1.82, 2.24) is 15.3 Å². The van der Waals surface area contributed by atoms with Gasteiger partial charge in [0, 0.05) is 37.2 Å². The Bertz CT molecular complexity index is 693. The molecule has 0 saturated heterocycles. The van der Waals surface area contributed by atoms with Gasteiger partial charge in [0.15, 0.2) is 9.84 Å². The van der Waals surface area contributed by atoms with Crippen LogP contribution < -0.4 is 5.32 Å². The van der Waals surface area contributed by atoms with Crippen LogP contribution in [0.4, 0.5) is 0 Å². The maximum Gasteiger partial charge on any atom is 0.251 e. The quantitative estimate of drug-likeness (QED) is 0.852. The van der Waals surface area contributed by atoms with E-state index < -0.39 is 9.84 Å². The molecule has 1 aromatic carbocycles. The zero-order chi connectivity index (χ0) is 14.6. The Hall–Kier alpha value is -2.15. The van der Waals surface area contributed by atoms with Crippen LogP contribution in [0.3, 0.4) is 0 Å². The summed E-state index contributed by atoms with van der Waals surface area (Å²) in [5.74, 6) is 0.484. The molecule has 0 aliphatic carbocycles. The van der Waals surface area contributed by atoms with Crippen LogP contribution in [0, 0.1) is 0 Å². The van der Waals surface area contributed by atoms with Gasteiger partial charge in [-0.2, -0.15) is 0 Å². The second-order valence-electron chi connectivity index (χ2n) is 4.34.